The molecule has 67 heavy (non-hydrogen) atoms. The normalized spacial score (nSPS) is 11.6. The van der Waals surface area contributed by atoms with Crippen LogP contribution in [0.4, 0.5) is 17.1 Å². The first-order chi connectivity index (χ1) is 33.2. The molecule has 13 aromatic rings. The minimum atomic E-state index is 0.876. The van der Waals surface area contributed by atoms with E-state index in [1.165, 1.54) is 54.8 Å². The maximum atomic E-state index is 6.42. The van der Waals surface area contributed by atoms with E-state index < -0.39 is 0 Å². The van der Waals surface area contributed by atoms with Crippen LogP contribution in [0.5, 0.6) is 0 Å². The quantitative estimate of drug-likeness (QED) is 0.152. The van der Waals surface area contributed by atoms with Crippen LogP contribution in [0, 0.1) is 0 Å². The van der Waals surface area contributed by atoms with Gasteiger partial charge in [-0.3, -0.25) is 0 Å². The summed E-state index contributed by atoms with van der Waals surface area (Å²) in [7, 11) is 0. The van der Waals surface area contributed by atoms with Crippen molar-refractivity contribution in [3.05, 3.63) is 255 Å². The fraction of sp³-hybridized carbons (Fsp3) is 0. The molecule has 0 aliphatic heterocycles. The smallest absolute Gasteiger partial charge is 0.136 e. The van der Waals surface area contributed by atoms with Crippen LogP contribution in [0.3, 0.4) is 0 Å². The minimum absolute atomic E-state index is 0.876. The molecule has 2 heterocycles. The molecular weight excluding hydrogens is 813 g/mol. The molecule has 3 heteroatoms. The molecular formula is C64H42N2O. The Balaban J connectivity index is 0.921. The Hall–Kier alpha value is -8.92. The number of furan rings is 1. The zero-order chi connectivity index (χ0) is 44.3. The maximum absolute atomic E-state index is 6.42. The molecule has 0 bridgehead atoms. The van der Waals surface area contributed by atoms with E-state index >= 15 is 0 Å². The molecule has 0 fully saturated rings. The van der Waals surface area contributed by atoms with Crippen molar-refractivity contribution in [1.29, 1.82) is 0 Å². The zero-order valence-corrected chi connectivity index (χ0v) is 36.6. The van der Waals surface area contributed by atoms with E-state index in [1.807, 2.05) is 12.1 Å². The Labute approximate surface area is 388 Å². The molecule has 0 aliphatic rings. The van der Waals surface area contributed by atoms with Gasteiger partial charge in [-0.1, -0.05) is 176 Å². The second-order valence-electron chi connectivity index (χ2n) is 17.3. The number of rotatable bonds is 8. The van der Waals surface area contributed by atoms with Crippen molar-refractivity contribution in [3.63, 3.8) is 0 Å². The first-order valence-corrected chi connectivity index (χ1v) is 22.9. The Bertz CT molecular complexity index is 3930. The number of benzene rings is 11. The molecule has 2 aromatic heterocycles. The zero-order valence-electron chi connectivity index (χ0n) is 36.6. The standard InChI is InChI=1S/C64H42N2O/c1-2-15-46-41-49(29-28-43(46)14-1)48-17-13-16-47(40-48)44-30-35-51(36-31-44)65(59-23-8-4-19-54(59)50-34-39-58-57-22-7-12-27-63(57)67-64(58)42-50)52-37-32-45(33-38-52)53-18-3-9-24-60(53)66-61-25-10-5-20-55(61)56-21-6-11-26-62(56)66/h1-42H. The van der Waals surface area contributed by atoms with Crippen LogP contribution in [-0.4, -0.2) is 4.57 Å². The molecule has 0 saturated carbocycles. The Morgan fingerprint density at radius 1 is 0.299 bits per heavy atom. The maximum Gasteiger partial charge on any atom is 0.136 e. The van der Waals surface area contributed by atoms with Crippen LogP contribution in [0.15, 0.2) is 259 Å². The Kier molecular flexibility index (Phi) is 9.17. The Morgan fingerprint density at radius 3 is 1.60 bits per heavy atom. The predicted molar refractivity (Wildman–Crippen MR) is 282 cm³/mol. The number of fused-ring (bicyclic) bond motifs is 7. The summed E-state index contributed by atoms with van der Waals surface area (Å²) in [4.78, 5) is 2.39. The molecule has 0 unspecified atom stereocenters. The predicted octanol–water partition coefficient (Wildman–Crippen LogP) is 18.0. The number of nitrogens with zero attached hydrogens (tertiary/aromatic N) is 2. The van der Waals surface area contributed by atoms with Gasteiger partial charge < -0.3 is 13.9 Å². The molecule has 0 spiro atoms. The van der Waals surface area contributed by atoms with E-state index in [9.17, 15) is 0 Å². The monoisotopic (exact) mass is 854 g/mol. The first kappa shape index (κ1) is 38.5. The van der Waals surface area contributed by atoms with Gasteiger partial charge >= 0.3 is 0 Å². The van der Waals surface area contributed by atoms with E-state index in [-0.39, 0.29) is 0 Å². The lowest BCUT2D eigenvalue weighted by atomic mass is 9.97. The fourth-order valence-corrected chi connectivity index (χ4v) is 10.2. The molecule has 0 aliphatic carbocycles. The van der Waals surface area contributed by atoms with E-state index in [4.69, 9.17) is 4.42 Å². The van der Waals surface area contributed by atoms with Crippen LogP contribution in [-0.2, 0) is 0 Å². The third-order valence-electron chi connectivity index (χ3n) is 13.4. The van der Waals surface area contributed by atoms with Gasteiger partial charge in [0.25, 0.3) is 0 Å². The van der Waals surface area contributed by atoms with Crippen molar-refractivity contribution in [2.24, 2.45) is 0 Å². The highest BCUT2D eigenvalue weighted by atomic mass is 16.3. The van der Waals surface area contributed by atoms with Crippen molar-refractivity contribution in [3.8, 4) is 50.2 Å². The van der Waals surface area contributed by atoms with Crippen molar-refractivity contribution in [1.82, 2.24) is 4.57 Å². The summed E-state index contributed by atoms with van der Waals surface area (Å²) in [6, 6.07) is 92.0. The molecule has 13 rings (SSSR count). The van der Waals surface area contributed by atoms with Gasteiger partial charge in [0.2, 0.25) is 0 Å². The molecule has 3 nitrogen and oxygen atoms in total. The van der Waals surface area contributed by atoms with Crippen LogP contribution in [0.25, 0.3) is 105 Å². The topological polar surface area (TPSA) is 21.3 Å². The van der Waals surface area contributed by atoms with Gasteiger partial charge in [0.15, 0.2) is 0 Å². The molecule has 0 radical (unpaired) electrons. The summed E-state index contributed by atoms with van der Waals surface area (Å²) in [6.45, 7) is 0. The van der Waals surface area contributed by atoms with Gasteiger partial charge in [0.05, 0.1) is 22.4 Å². The van der Waals surface area contributed by atoms with Crippen LogP contribution in [0.2, 0.25) is 0 Å². The average molecular weight is 855 g/mol. The van der Waals surface area contributed by atoms with E-state index in [1.54, 1.807) is 0 Å². The summed E-state index contributed by atoms with van der Waals surface area (Å²) < 4.78 is 8.83. The van der Waals surface area contributed by atoms with E-state index in [2.05, 4.69) is 252 Å². The highest BCUT2D eigenvalue weighted by Gasteiger charge is 2.20. The van der Waals surface area contributed by atoms with Gasteiger partial charge in [-0.05, 0) is 123 Å². The number of aromatic nitrogens is 1. The van der Waals surface area contributed by atoms with Crippen LogP contribution < -0.4 is 4.90 Å². The fourth-order valence-electron chi connectivity index (χ4n) is 10.2. The molecule has 0 atom stereocenters. The van der Waals surface area contributed by atoms with Gasteiger partial charge in [-0.2, -0.15) is 0 Å². The van der Waals surface area contributed by atoms with Gasteiger partial charge in [0, 0.05) is 44.0 Å². The molecule has 11 aromatic carbocycles. The molecule has 0 N–H and O–H groups in total. The van der Waals surface area contributed by atoms with Gasteiger partial charge in [-0.15, -0.1) is 0 Å². The molecule has 314 valence electrons. The summed E-state index contributed by atoms with van der Waals surface area (Å²) in [5.41, 5.74) is 17.8. The van der Waals surface area contributed by atoms with Crippen LogP contribution >= 0.6 is 0 Å². The lowest BCUT2D eigenvalue weighted by molar-refractivity contribution is 0.669. The Morgan fingerprint density at radius 2 is 0.836 bits per heavy atom. The summed E-state index contributed by atoms with van der Waals surface area (Å²) >= 11 is 0. The lowest BCUT2D eigenvalue weighted by Gasteiger charge is -2.28. The molecule has 0 saturated heterocycles. The second kappa shape index (κ2) is 16.0. The summed E-state index contributed by atoms with van der Waals surface area (Å²) in [6.07, 6.45) is 0. The van der Waals surface area contributed by atoms with Crippen molar-refractivity contribution in [2.75, 3.05) is 4.90 Å². The minimum Gasteiger partial charge on any atom is -0.456 e. The molecule has 0 amide bonds. The number of para-hydroxylation sites is 5. The number of hydrogen-bond donors (Lipinski definition) is 0. The second-order valence-corrected chi connectivity index (χ2v) is 17.3. The highest BCUT2D eigenvalue weighted by molar-refractivity contribution is 6.10. The van der Waals surface area contributed by atoms with E-state index in [0.29, 0.717) is 0 Å². The highest BCUT2D eigenvalue weighted by Crippen LogP contribution is 2.44. The SMILES string of the molecule is c1cc(-c2ccc(N(c3ccc(-c4ccccc4-n4c5ccccc5c5ccccc54)cc3)c3ccccc3-c3ccc4c(c3)oc3ccccc34)cc2)cc(-c2ccc3ccccc3c2)c1. The average Bonchev–Trinajstić information content (AvgIpc) is 3.95. The number of hydrogen-bond acceptors (Lipinski definition) is 2. The van der Waals surface area contributed by atoms with Crippen molar-refractivity contribution >= 4 is 71.6 Å². The van der Waals surface area contributed by atoms with Crippen molar-refractivity contribution in [2.45, 2.75) is 0 Å². The van der Waals surface area contributed by atoms with Crippen LogP contribution in [0.1, 0.15) is 0 Å². The largest absolute Gasteiger partial charge is 0.456 e. The lowest BCUT2D eigenvalue weighted by Crippen LogP contribution is -2.11. The third-order valence-corrected chi connectivity index (χ3v) is 13.4. The van der Waals surface area contributed by atoms with E-state index in [0.717, 1.165) is 66.9 Å². The van der Waals surface area contributed by atoms with Crippen molar-refractivity contribution < 1.29 is 4.42 Å². The number of anilines is 3. The summed E-state index contributed by atoms with van der Waals surface area (Å²) in [5, 5.41) is 7.24. The summed E-state index contributed by atoms with van der Waals surface area (Å²) in [5.74, 6) is 0. The first-order valence-electron chi connectivity index (χ1n) is 22.9. The third kappa shape index (κ3) is 6.67. The van der Waals surface area contributed by atoms with Gasteiger partial charge in [-0.25, -0.2) is 0 Å². The van der Waals surface area contributed by atoms with Gasteiger partial charge in [0.1, 0.15) is 11.2 Å².